The molecule has 1 nitrogen and oxygen atoms in total. The first kappa shape index (κ1) is 13.5. The third-order valence-electron chi connectivity index (χ3n) is 2.20. The molecule has 0 aliphatic carbocycles. The van der Waals surface area contributed by atoms with Crippen molar-refractivity contribution < 1.29 is 4.74 Å². The summed E-state index contributed by atoms with van der Waals surface area (Å²) >= 11 is 1.73. The summed E-state index contributed by atoms with van der Waals surface area (Å²) in [7, 11) is 1.67. The van der Waals surface area contributed by atoms with E-state index in [1.807, 2.05) is 37.3 Å². The number of aryl methyl sites for hydroxylation is 1. The molecule has 0 amide bonds. The predicted molar refractivity (Wildman–Crippen MR) is 76.8 cm³/mol. The summed E-state index contributed by atoms with van der Waals surface area (Å²) in [6, 6.07) is 12.1. The van der Waals surface area contributed by atoms with Crippen LogP contribution in [0.4, 0.5) is 0 Å². The van der Waals surface area contributed by atoms with Crippen LogP contribution in [-0.4, -0.2) is 7.11 Å². The van der Waals surface area contributed by atoms with Crippen LogP contribution in [0.5, 0.6) is 5.75 Å². The van der Waals surface area contributed by atoms with E-state index in [0.717, 1.165) is 11.3 Å². The minimum Gasteiger partial charge on any atom is -0.497 e. The molecule has 0 atom stereocenters. The van der Waals surface area contributed by atoms with Crippen LogP contribution in [0.2, 0.25) is 0 Å². The lowest BCUT2D eigenvalue weighted by molar-refractivity contribution is 0.414. The molecule has 0 unspecified atom stereocenters. The van der Waals surface area contributed by atoms with Gasteiger partial charge in [0.25, 0.3) is 0 Å². The fourth-order valence-electron chi connectivity index (χ4n) is 1.20. The Morgan fingerprint density at radius 1 is 1.18 bits per heavy atom. The molecule has 0 aliphatic rings. The van der Waals surface area contributed by atoms with E-state index in [1.54, 1.807) is 18.4 Å². The van der Waals surface area contributed by atoms with E-state index in [2.05, 4.69) is 24.9 Å². The van der Waals surface area contributed by atoms with E-state index < -0.39 is 0 Å². The number of ether oxygens (including phenoxy) is 1. The monoisotopic (exact) mass is 246 g/mol. The molecule has 2 rings (SSSR count). The molecule has 0 spiro atoms. The first-order valence-electron chi connectivity index (χ1n) is 5.43. The SMILES string of the molecule is C=C(C)c1cccs1.COc1ccc(C)cc1. The lowest BCUT2D eigenvalue weighted by Crippen LogP contribution is -1.80. The quantitative estimate of drug-likeness (QED) is 0.740. The Balaban J connectivity index is 0.000000171. The van der Waals surface area contributed by atoms with Crippen molar-refractivity contribution in [3.63, 3.8) is 0 Å². The molecule has 2 aromatic rings. The van der Waals surface area contributed by atoms with Crippen LogP contribution in [0.15, 0.2) is 48.4 Å². The van der Waals surface area contributed by atoms with Crippen molar-refractivity contribution in [3.8, 4) is 5.75 Å². The fraction of sp³-hybridized carbons (Fsp3) is 0.200. The van der Waals surface area contributed by atoms with Crippen molar-refractivity contribution >= 4 is 16.9 Å². The van der Waals surface area contributed by atoms with Gasteiger partial charge < -0.3 is 4.74 Å². The van der Waals surface area contributed by atoms with E-state index >= 15 is 0 Å². The third kappa shape index (κ3) is 4.87. The average Bonchev–Trinajstić information content (AvgIpc) is 2.84. The normalized spacial score (nSPS) is 9.12. The molecular weight excluding hydrogens is 228 g/mol. The van der Waals surface area contributed by atoms with Gasteiger partial charge in [-0.05, 0) is 43.0 Å². The van der Waals surface area contributed by atoms with Gasteiger partial charge in [-0.3, -0.25) is 0 Å². The van der Waals surface area contributed by atoms with Gasteiger partial charge in [0, 0.05) is 4.88 Å². The molecule has 0 saturated carbocycles. The highest BCUT2D eigenvalue weighted by Gasteiger charge is 1.89. The van der Waals surface area contributed by atoms with Crippen molar-refractivity contribution in [3.05, 3.63) is 58.8 Å². The number of thiophene rings is 1. The maximum absolute atomic E-state index is 4.97. The van der Waals surface area contributed by atoms with Crippen LogP contribution in [0, 0.1) is 6.92 Å². The van der Waals surface area contributed by atoms with Gasteiger partial charge in [-0.1, -0.05) is 30.3 Å². The molecular formula is C15H18OS. The molecule has 0 aliphatic heterocycles. The zero-order chi connectivity index (χ0) is 12.7. The number of benzene rings is 1. The van der Waals surface area contributed by atoms with Crippen molar-refractivity contribution in [2.45, 2.75) is 13.8 Å². The smallest absolute Gasteiger partial charge is 0.118 e. The summed E-state index contributed by atoms with van der Waals surface area (Å²) in [4.78, 5) is 1.28. The summed E-state index contributed by atoms with van der Waals surface area (Å²) in [5.41, 5.74) is 2.41. The highest BCUT2D eigenvalue weighted by Crippen LogP contribution is 2.16. The number of hydrogen-bond donors (Lipinski definition) is 0. The van der Waals surface area contributed by atoms with Crippen molar-refractivity contribution in [1.82, 2.24) is 0 Å². The molecule has 1 heterocycles. The second-order valence-corrected chi connectivity index (χ2v) is 4.72. The first-order valence-corrected chi connectivity index (χ1v) is 6.31. The first-order chi connectivity index (χ1) is 8.13. The summed E-state index contributed by atoms with van der Waals surface area (Å²) in [5.74, 6) is 0.917. The molecule has 0 fully saturated rings. The van der Waals surface area contributed by atoms with Gasteiger partial charge in [-0.25, -0.2) is 0 Å². The maximum Gasteiger partial charge on any atom is 0.118 e. The zero-order valence-electron chi connectivity index (χ0n) is 10.6. The predicted octanol–water partition coefficient (Wildman–Crippen LogP) is 4.78. The number of rotatable bonds is 2. The second kappa shape index (κ2) is 6.92. The van der Waals surface area contributed by atoms with Crippen molar-refractivity contribution in [2.75, 3.05) is 7.11 Å². The molecule has 1 aromatic carbocycles. The van der Waals surface area contributed by atoms with Crippen LogP contribution in [0.1, 0.15) is 17.4 Å². The Morgan fingerprint density at radius 3 is 2.18 bits per heavy atom. The molecule has 0 saturated heterocycles. The minimum absolute atomic E-state index is 0.917. The van der Waals surface area contributed by atoms with Gasteiger partial charge >= 0.3 is 0 Å². The topological polar surface area (TPSA) is 9.23 Å². The Labute approximate surface area is 107 Å². The van der Waals surface area contributed by atoms with Crippen LogP contribution in [-0.2, 0) is 0 Å². The largest absolute Gasteiger partial charge is 0.497 e. The Bertz CT molecular complexity index is 440. The molecule has 17 heavy (non-hydrogen) atoms. The molecule has 90 valence electrons. The van der Waals surface area contributed by atoms with E-state index in [-0.39, 0.29) is 0 Å². The Kier molecular flexibility index (Phi) is 5.50. The minimum atomic E-state index is 0.917. The van der Waals surface area contributed by atoms with Gasteiger partial charge in [-0.15, -0.1) is 11.3 Å². The van der Waals surface area contributed by atoms with Crippen LogP contribution in [0.25, 0.3) is 5.57 Å². The van der Waals surface area contributed by atoms with Crippen molar-refractivity contribution in [1.29, 1.82) is 0 Å². The van der Waals surface area contributed by atoms with E-state index in [9.17, 15) is 0 Å². The van der Waals surface area contributed by atoms with Crippen LogP contribution >= 0.6 is 11.3 Å². The molecule has 0 N–H and O–H groups in total. The van der Waals surface area contributed by atoms with Gasteiger partial charge in [0.15, 0.2) is 0 Å². The zero-order valence-corrected chi connectivity index (χ0v) is 11.4. The maximum atomic E-state index is 4.97. The fourth-order valence-corrected chi connectivity index (χ4v) is 1.86. The average molecular weight is 246 g/mol. The number of allylic oxidation sites excluding steroid dienone is 1. The molecule has 0 radical (unpaired) electrons. The standard InChI is InChI=1S/C8H10O.C7H8S/c1-7-3-5-8(9-2)6-4-7;1-6(2)7-4-3-5-8-7/h3-6H,1-2H3;3-5H,1H2,2H3. The Hall–Kier alpha value is -1.54. The summed E-state index contributed by atoms with van der Waals surface area (Å²) in [6.45, 7) is 7.88. The highest BCUT2D eigenvalue weighted by atomic mass is 32.1. The molecule has 0 bridgehead atoms. The summed E-state index contributed by atoms with van der Waals surface area (Å²) < 4.78 is 4.97. The second-order valence-electron chi connectivity index (χ2n) is 3.77. The lowest BCUT2D eigenvalue weighted by Gasteiger charge is -1.97. The van der Waals surface area contributed by atoms with Gasteiger partial charge in [0.2, 0.25) is 0 Å². The third-order valence-corrected chi connectivity index (χ3v) is 3.23. The highest BCUT2D eigenvalue weighted by molar-refractivity contribution is 7.11. The van der Waals surface area contributed by atoms with E-state index in [4.69, 9.17) is 4.74 Å². The molecule has 1 aromatic heterocycles. The van der Waals surface area contributed by atoms with Crippen LogP contribution in [0.3, 0.4) is 0 Å². The summed E-state index contributed by atoms with van der Waals surface area (Å²) in [6.07, 6.45) is 0. The number of methoxy groups -OCH3 is 1. The lowest BCUT2D eigenvalue weighted by atomic mass is 10.2. The van der Waals surface area contributed by atoms with Gasteiger partial charge in [-0.2, -0.15) is 0 Å². The summed E-state index contributed by atoms with van der Waals surface area (Å²) in [5, 5.41) is 2.06. The van der Waals surface area contributed by atoms with E-state index in [0.29, 0.717) is 0 Å². The van der Waals surface area contributed by atoms with Crippen LogP contribution < -0.4 is 4.74 Å². The van der Waals surface area contributed by atoms with Gasteiger partial charge in [0.1, 0.15) is 5.75 Å². The van der Waals surface area contributed by atoms with Crippen molar-refractivity contribution in [2.24, 2.45) is 0 Å². The Morgan fingerprint density at radius 2 is 1.82 bits per heavy atom. The van der Waals surface area contributed by atoms with Gasteiger partial charge in [0.05, 0.1) is 7.11 Å². The number of hydrogen-bond acceptors (Lipinski definition) is 2. The molecule has 2 heteroatoms. The van der Waals surface area contributed by atoms with E-state index in [1.165, 1.54) is 10.4 Å².